The second kappa shape index (κ2) is 10.2. The number of nitrogen functional groups attached to an aromatic ring is 1. The fourth-order valence-electron chi connectivity index (χ4n) is 4.27. The van der Waals surface area contributed by atoms with E-state index in [0.29, 0.717) is 46.4 Å². The molecule has 37 heavy (non-hydrogen) atoms. The number of aryl methyl sites for hydroxylation is 1. The lowest BCUT2D eigenvalue weighted by Crippen LogP contribution is -2.12. The highest BCUT2D eigenvalue weighted by Gasteiger charge is 2.28. The Balaban J connectivity index is 1.87. The molecule has 4 rings (SSSR count). The molecule has 4 aromatic rings. The van der Waals surface area contributed by atoms with Gasteiger partial charge in [0.25, 0.3) is 0 Å². The smallest absolute Gasteiger partial charge is 0.337 e. The van der Waals surface area contributed by atoms with Gasteiger partial charge in [-0.25, -0.2) is 13.2 Å². The number of sulfone groups is 1. The van der Waals surface area contributed by atoms with Crippen LogP contribution in [0.3, 0.4) is 0 Å². The van der Waals surface area contributed by atoms with Crippen LogP contribution in [0.25, 0.3) is 11.1 Å². The van der Waals surface area contributed by atoms with Crippen molar-refractivity contribution in [1.29, 1.82) is 0 Å². The number of rotatable bonds is 8. The van der Waals surface area contributed by atoms with E-state index in [-0.39, 0.29) is 20.9 Å². The molecule has 8 nitrogen and oxygen atoms in total. The lowest BCUT2D eigenvalue weighted by Gasteiger charge is -2.17. The van der Waals surface area contributed by atoms with E-state index in [2.05, 4.69) is 4.98 Å². The lowest BCUT2D eigenvalue weighted by atomic mass is 9.92. The van der Waals surface area contributed by atoms with Gasteiger partial charge in [0.1, 0.15) is 12.0 Å². The van der Waals surface area contributed by atoms with Crippen molar-refractivity contribution in [1.82, 2.24) is 4.98 Å². The second-order valence-electron chi connectivity index (χ2n) is 8.40. The minimum atomic E-state index is -4.16. The SMILES string of the molecule is COc1ccc(S(=O)(=O)c2c(C)cc(-c3ccc(C=O)c(Cc4cccnc4)c3N)cc2C(=O)O)cc1. The highest BCUT2D eigenvalue weighted by atomic mass is 32.2. The van der Waals surface area contributed by atoms with Crippen molar-refractivity contribution in [2.24, 2.45) is 0 Å². The fourth-order valence-corrected chi connectivity index (χ4v) is 5.91. The Labute approximate surface area is 214 Å². The van der Waals surface area contributed by atoms with Gasteiger partial charge in [-0.1, -0.05) is 18.2 Å². The molecular weight excluding hydrogens is 492 g/mol. The Hall–Kier alpha value is -4.50. The van der Waals surface area contributed by atoms with E-state index in [9.17, 15) is 23.1 Å². The predicted octanol–water partition coefficient (Wildman–Crippen LogP) is 4.58. The third-order valence-electron chi connectivity index (χ3n) is 6.08. The number of hydrogen-bond acceptors (Lipinski definition) is 7. The number of nitrogens with zero attached hydrogens (tertiary/aromatic N) is 1. The van der Waals surface area contributed by atoms with Gasteiger partial charge < -0.3 is 15.6 Å². The number of ether oxygens (including phenoxy) is 1. The van der Waals surface area contributed by atoms with Crippen molar-refractivity contribution in [3.05, 3.63) is 101 Å². The summed E-state index contributed by atoms with van der Waals surface area (Å²) in [4.78, 5) is 27.7. The van der Waals surface area contributed by atoms with Gasteiger partial charge >= 0.3 is 5.97 Å². The number of aromatic carboxylic acids is 1. The van der Waals surface area contributed by atoms with Crippen molar-refractivity contribution >= 4 is 27.8 Å². The highest BCUT2D eigenvalue weighted by molar-refractivity contribution is 7.91. The molecule has 0 amide bonds. The summed E-state index contributed by atoms with van der Waals surface area (Å²) in [5, 5.41) is 9.99. The molecule has 0 aliphatic carbocycles. The maximum atomic E-state index is 13.5. The minimum absolute atomic E-state index is 0.0553. The summed E-state index contributed by atoms with van der Waals surface area (Å²) in [6.07, 6.45) is 4.37. The Kier molecular flexibility index (Phi) is 7.08. The van der Waals surface area contributed by atoms with Crippen LogP contribution >= 0.6 is 0 Å². The molecule has 0 unspecified atom stereocenters. The van der Waals surface area contributed by atoms with Crippen LogP contribution in [-0.2, 0) is 16.3 Å². The van der Waals surface area contributed by atoms with Crippen molar-refractivity contribution in [2.75, 3.05) is 12.8 Å². The van der Waals surface area contributed by atoms with Crippen molar-refractivity contribution in [3.63, 3.8) is 0 Å². The second-order valence-corrected chi connectivity index (χ2v) is 10.3. The predicted molar refractivity (Wildman–Crippen MR) is 139 cm³/mol. The zero-order chi connectivity index (χ0) is 26.7. The molecule has 0 bridgehead atoms. The number of benzene rings is 3. The molecule has 188 valence electrons. The molecule has 3 N–H and O–H groups in total. The average molecular weight is 517 g/mol. The summed E-state index contributed by atoms with van der Waals surface area (Å²) in [7, 11) is -2.70. The molecule has 3 aromatic carbocycles. The molecule has 0 spiro atoms. The Bertz CT molecular complexity index is 1600. The largest absolute Gasteiger partial charge is 0.497 e. The quantitative estimate of drug-likeness (QED) is 0.256. The van der Waals surface area contributed by atoms with Gasteiger partial charge in [-0.05, 0) is 71.6 Å². The van der Waals surface area contributed by atoms with E-state index < -0.39 is 15.8 Å². The molecule has 0 fully saturated rings. The zero-order valence-electron chi connectivity index (χ0n) is 20.1. The first-order valence-electron chi connectivity index (χ1n) is 11.2. The van der Waals surface area contributed by atoms with Gasteiger partial charge in [-0.15, -0.1) is 0 Å². The number of carbonyl (C=O) groups excluding carboxylic acids is 1. The molecule has 1 aromatic heterocycles. The van der Waals surface area contributed by atoms with E-state index in [0.717, 1.165) is 5.56 Å². The maximum Gasteiger partial charge on any atom is 0.337 e. The Morgan fingerprint density at radius 2 is 1.84 bits per heavy atom. The summed E-state index contributed by atoms with van der Waals surface area (Å²) in [6.45, 7) is 1.54. The normalized spacial score (nSPS) is 11.2. The number of methoxy groups -OCH3 is 1. The van der Waals surface area contributed by atoms with E-state index in [1.807, 2.05) is 6.07 Å². The van der Waals surface area contributed by atoms with E-state index in [4.69, 9.17) is 10.5 Å². The van der Waals surface area contributed by atoms with Gasteiger partial charge in [-0.3, -0.25) is 9.78 Å². The highest BCUT2D eigenvalue weighted by Crippen LogP contribution is 2.37. The van der Waals surface area contributed by atoms with Crippen LogP contribution in [0.1, 0.15) is 37.4 Å². The number of aromatic nitrogens is 1. The van der Waals surface area contributed by atoms with Gasteiger partial charge in [0, 0.05) is 35.6 Å². The summed E-state index contributed by atoms with van der Waals surface area (Å²) in [5.74, 6) is -0.920. The lowest BCUT2D eigenvalue weighted by molar-refractivity contribution is 0.0692. The van der Waals surface area contributed by atoms with Crippen LogP contribution in [0.5, 0.6) is 5.75 Å². The standard InChI is InChI=1S/C28H24N2O6S/c1-17-12-20(23-10-5-19(16-31)24(26(23)29)13-18-4-3-11-30-15-18)14-25(28(32)33)27(17)37(34,35)22-8-6-21(36-2)7-9-22/h3-12,14-16H,13,29H2,1-2H3,(H,32,33). The molecule has 1 heterocycles. The Morgan fingerprint density at radius 3 is 2.43 bits per heavy atom. The van der Waals surface area contributed by atoms with E-state index >= 15 is 0 Å². The monoisotopic (exact) mass is 516 g/mol. The van der Waals surface area contributed by atoms with Crippen molar-refractivity contribution in [2.45, 2.75) is 23.1 Å². The number of carbonyl (C=O) groups is 2. The van der Waals surface area contributed by atoms with Crippen molar-refractivity contribution in [3.8, 4) is 16.9 Å². The van der Waals surface area contributed by atoms with Crippen LogP contribution < -0.4 is 10.5 Å². The summed E-state index contributed by atoms with van der Waals surface area (Å²) in [5.41, 5.74) is 9.41. The third kappa shape index (κ3) is 4.94. The first-order chi connectivity index (χ1) is 17.7. The molecule has 0 aliphatic heterocycles. The number of carboxylic acids is 1. The fraction of sp³-hybridized carbons (Fsp3) is 0.107. The van der Waals surface area contributed by atoms with E-state index in [1.54, 1.807) is 43.6 Å². The molecule has 0 atom stereocenters. The maximum absolute atomic E-state index is 13.5. The number of carboxylic acid groups (broad SMARTS) is 1. The van der Waals surface area contributed by atoms with Crippen molar-refractivity contribution < 1.29 is 27.9 Å². The molecular formula is C28H24N2O6S. The van der Waals surface area contributed by atoms with Gasteiger partial charge in [-0.2, -0.15) is 0 Å². The summed E-state index contributed by atoms with van der Waals surface area (Å²) < 4.78 is 32.0. The number of hydrogen-bond donors (Lipinski definition) is 2. The van der Waals surface area contributed by atoms with E-state index in [1.165, 1.54) is 37.4 Å². The topological polar surface area (TPSA) is 137 Å². The van der Waals surface area contributed by atoms with Crippen LogP contribution in [0.4, 0.5) is 5.69 Å². The van der Waals surface area contributed by atoms with Crippen LogP contribution in [0, 0.1) is 6.92 Å². The first kappa shape index (κ1) is 25.6. The number of aldehydes is 1. The van der Waals surface area contributed by atoms with Crippen LogP contribution in [0.15, 0.2) is 82.8 Å². The molecule has 0 radical (unpaired) electrons. The van der Waals surface area contributed by atoms with Gasteiger partial charge in [0.2, 0.25) is 9.84 Å². The summed E-state index contributed by atoms with van der Waals surface area (Å²) in [6, 6.07) is 15.5. The average Bonchev–Trinajstić information content (AvgIpc) is 2.89. The summed E-state index contributed by atoms with van der Waals surface area (Å²) >= 11 is 0. The molecule has 9 heteroatoms. The van der Waals surface area contributed by atoms with Gasteiger partial charge in [0.15, 0.2) is 0 Å². The number of anilines is 1. The minimum Gasteiger partial charge on any atom is -0.497 e. The van der Waals surface area contributed by atoms with Crippen LogP contribution in [0.2, 0.25) is 0 Å². The van der Waals surface area contributed by atoms with Gasteiger partial charge in [0.05, 0.1) is 22.5 Å². The molecule has 0 aliphatic rings. The molecule has 0 saturated heterocycles. The van der Waals surface area contributed by atoms with Crippen LogP contribution in [-0.4, -0.2) is 37.9 Å². The molecule has 0 saturated carbocycles. The third-order valence-corrected chi connectivity index (χ3v) is 8.05. The Morgan fingerprint density at radius 1 is 1.11 bits per heavy atom. The number of nitrogens with two attached hydrogens (primary N) is 1. The first-order valence-corrected chi connectivity index (χ1v) is 12.7. The number of pyridine rings is 1. The zero-order valence-corrected chi connectivity index (χ0v) is 21.0.